The smallest absolute Gasteiger partial charge is 0.193 e. The highest BCUT2D eigenvalue weighted by molar-refractivity contribution is 5.66. The maximum absolute atomic E-state index is 14.6. The molecule has 0 fully saturated rings. The lowest BCUT2D eigenvalue weighted by molar-refractivity contribution is -0.0568. The quantitative estimate of drug-likeness (QED) is 0.437. The first-order chi connectivity index (χ1) is 16.8. The zero-order valence-electron chi connectivity index (χ0n) is 25.6. The molecule has 3 nitrogen and oxygen atoms in total. The van der Waals surface area contributed by atoms with E-state index < -0.39 is 36.3 Å². The normalized spacial score (nSPS) is 25.3. The number of rotatable bonds is 6. The predicted octanol–water partition coefficient (Wildman–Crippen LogP) is 7.31. The lowest BCUT2D eigenvalue weighted by Gasteiger charge is -2.37. The van der Waals surface area contributed by atoms with E-state index in [0.29, 0.717) is 44.6 Å². The molecule has 4 heteroatoms. The van der Waals surface area contributed by atoms with E-state index in [1.807, 2.05) is 0 Å². The van der Waals surface area contributed by atoms with Crippen LogP contribution >= 0.6 is 0 Å². The van der Waals surface area contributed by atoms with Gasteiger partial charge in [-0.1, -0.05) is 19.1 Å². The average Bonchev–Trinajstić information content (AvgIpc) is 3.10. The zero-order valence-corrected chi connectivity index (χ0v) is 20.6. The molecule has 2 aromatic carbocycles. The molecule has 0 bridgehead atoms. The van der Waals surface area contributed by atoms with Gasteiger partial charge in [0.05, 0.1) is 12.7 Å². The first kappa shape index (κ1) is 18.2. The Balaban J connectivity index is 2.54. The van der Waals surface area contributed by atoms with Crippen molar-refractivity contribution in [2.45, 2.75) is 79.5 Å². The third-order valence-electron chi connectivity index (χ3n) is 6.62. The number of benzene rings is 2. The van der Waals surface area contributed by atoms with E-state index in [1.54, 1.807) is 54.5 Å². The van der Waals surface area contributed by atoms with Gasteiger partial charge in [-0.3, -0.25) is 0 Å². The Hall–Kier alpha value is -2.22. The highest BCUT2D eigenvalue weighted by Gasteiger charge is 2.48. The summed E-state index contributed by atoms with van der Waals surface area (Å²) in [5.41, 5.74) is 2.06. The molecule has 0 radical (unpaired) electrons. The van der Waals surface area contributed by atoms with Gasteiger partial charge >= 0.3 is 0 Å². The van der Waals surface area contributed by atoms with E-state index in [9.17, 15) is 8.50 Å². The minimum absolute atomic E-state index is 0.303. The van der Waals surface area contributed by atoms with Crippen LogP contribution in [0.5, 0.6) is 0 Å². The minimum atomic E-state index is -2.67. The molecular formula is C28H37FN2O. The molecule has 32 heavy (non-hydrogen) atoms. The number of aryl methyl sites for hydroxylation is 1. The standard InChI is InChI=1S/C28H37FN2O/c1-16(2)31(10)15-17(3)14-28(23-11-12-25(29)20(6)19(23)5)24-13-18(4)27(30-9)21(7)26(24)22(8)32-28/h11-13,16-17,22H,14-15H2,1-8,10H3/t17?,22?,28-/m0/s1/i14D2,15D2,17D. The molecule has 1 aliphatic heterocycles. The third kappa shape index (κ3) is 3.98. The number of hydrogen-bond acceptors (Lipinski definition) is 2. The van der Waals surface area contributed by atoms with E-state index >= 15 is 0 Å². The molecule has 3 rings (SSSR count). The molecule has 1 aliphatic rings. The van der Waals surface area contributed by atoms with Crippen LogP contribution in [-0.4, -0.2) is 24.5 Å². The summed E-state index contributed by atoms with van der Waals surface area (Å²) in [5, 5.41) is 0. The van der Waals surface area contributed by atoms with Crippen molar-refractivity contribution in [3.63, 3.8) is 0 Å². The summed E-state index contributed by atoms with van der Waals surface area (Å²) in [6.07, 6.45) is -3.32. The van der Waals surface area contributed by atoms with Gasteiger partial charge in [0.15, 0.2) is 5.69 Å². The Labute approximate surface area is 200 Å². The fraction of sp³-hybridized carbons (Fsp3) is 0.536. The van der Waals surface area contributed by atoms with Gasteiger partial charge in [0, 0.05) is 19.4 Å². The SMILES string of the molecule is [2H]C([2H])(N(C)C(C)C)C([2H])(C)C([2H])([2H])[C@@]1(c2ccc(F)c(C)c2C)OC(C)c2c1cc(C)c([N+]#[C-])c2C. The Kier molecular flexibility index (Phi) is 5.11. The third-order valence-corrected chi connectivity index (χ3v) is 6.62. The largest absolute Gasteiger partial charge is 0.358 e. The van der Waals surface area contributed by atoms with Gasteiger partial charge in [-0.25, -0.2) is 9.24 Å². The fourth-order valence-corrected chi connectivity index (χ4v) is 4.59. The van der Waals surface area contributed by atoms with Gasteiger partial charge < -0.3 is 9.64 Å². The maximum atomic E-state index is 14.6. The Morgan fingerprint density at radius 2 is 1.84 bits per heavy atom. The molecule has 0 saturated heterocycles. The molecule has 0 aromatic heterocycles. The Morgan fingerprint density at radius 1 is 1.19 bits per heavy atom. The van der Waals surface area contributed by atoms with E-state index in [0.717, 1.165) is 0 Å². The summed E-state index contributed by atoms with van der Waals surface area (Å²) in [5.74, 6) is -2.81. The fourth-order valence-electron chi connectivity index (χ4n) is 4.59. The summed E-state index contributed by atoms with van der Waals surface area (Å²) >= 11 is 0. The summed E-state index contributed by atoms with van der Waals surface area (Å²) in [4.78, 5) is 5.04. The van der Waals surface area contributed by atoms with Crippen LogP contribution in [0.3, 0.4) is 0 Å². The van der Waals surface area contributed by atoms with Gasteiger partial charge in [0.2, 0.25) is 0 Å². The van der Waals surface area contributed by atoms with Gasteiger partial charge in [0.25, 0.3) is 0 Å². The van der Waals surface area contributed by atoms with Gasteiger partial charge in [-0.15, -0.1) is 0 Å². The van der Waals surface area contributed by atoms with Gasteiger partial charge in [0.1, 0.15) is 11.4 Å². The first-order valence-electron chi connectivity index (χ1n) is 13.5. The molecule has 172 valence electrons. The molecule has 0 aliphatic carbocycles. The van der Waals surface area contributed by atoms with Crippen LogP contribution in [0.25, 0.3) is 4.85 Å². The molecule has 2 unspecified atom stereocenters. The summed E-state index contributed by atoms with van der Waals surface area (Å²) < 4.78 is 67.7. The van der Waals surface area contributed by atoms with Crippen molar-refractivity contribution in [2.75, 3.05) is 13.5 Å². The molecule has 0 amide bonds. The lowest BCUT2D eigenvalue weighted by Crippen LogP contribution is -2.36. The molecule has 0 N–H and O–H groups in total. The molecule has 2 aromatic rings. The predicted molar refractivity (Wildman–Crippen MR) is 130 cm³/mol. The summed E-state index contributed by atoms with van der Waals surface area (Å²) in [7, 11) is 1.54. The van der Waals surface area contributed by atoms with Crippen molar-refractivity contribution in [1.82, 2.24) is 4.90 Å². The minimum Gasteiger partial charge on any atom is -0.358 e. The Morgan fingerprint density at radius 3 is 2.44 bits per heavy atom. The molecule has 0 spiro atoms. The number of nitrogens with zero attached hydrogens (tertiary/aromatic N) is 2. The van der Waals surface area contributed by atoms with Crippen molar-refractivity contribution in [3.8, 4) is 0 Å². The highest BCUT2D eigenvalue weighted by atomic mass is 19.1. The molecule has 0 saturated carbocycles. The number of hydrogen-bond donors (Lipinski definition) is 0. The van der Waals surface area contributed by atoms with Crippen LogP contribution in [0, 0.1) is 46.0 Å². The van der Waals surface area contributed by atoms with E-state index in [4.69, 9.17) is 14.1 Å². The van der Waals surface area contributed by atoms with Crippen LogP contribution in [-0.2, 0) is 10.3 Å². The highest BCUT2D eigenvalue weighted by Crippen LogP contribution is 2.54. The second-order valence-corrected chi connectivity index (χ2v) is 9.09. The van der Waals surface area contributed by atoms with Gasteiger partial charge in [-0.2, -0.15) is 0 Å². The first-order valence-corrected chi connectivity index (χ1v) is 11.0. The van der Waals surface area contributed by atoms with Crippen molar-refractivity contribution >= 4 is 5.69 Å². The Bertz CT molecular complexity index is 1280. The second-order valence-electron chi connectivity index (χ2n) is 9.09. The molecule has 3 atom stereocenters. The molecular weight excluding hydrogens is 399 g/mol. The number of halogens is 1. The van der Waals surface area contributed by atoms with E-state index in [1.165, 1.54) is 31.0 Å². The lowest BCUT2D eigenvalue weighted by atomic mass is 9.75. The summed E-state index contributed by atoms with van der Waals surface area (Å²) in [6, 6.07) is 4.18. The van der Waals surface area contributed by atoms with Crippen LogP contribution in [0.2, 0.25) is 0 Å². The zero-order chi connectivity index (χ0) is 28.5. The van der Waals surface area contributed by atoms with Gasteiger partial charge in [-0.05, 0) is 113 Å². The topological polar surface area (TPSA) is 16.8 Å². The summed E-state index contributed by atoms with van der Waals surface area (Å²) in [6.45, 7) is 18.8. The van der Waals surface area contributed by atoms with Crippen molar-refractivity contribution in [1.29, 1.82) is 0 Å². The van der Waals surface area contributed by atoms with Crippen molar-refractivity contribution < 1.29 is 16.0 Å². The van der Waals surface area contributed by atoms with Crippen LogP contribution in [0.1, 0.15) is 86.0 Å². The second kappa shape index (κ2) is 8.96. The van der Waals surface area contributed by atoms with Crippen molar-refractivity contribution in [2.24, 2.45) is 5.89 Å². The van der Waals surface area contributed by atoms with E-state index in [-0.39, 0.29) is 6.04 Å². The number of fused-ring (bicyclic) bond motifs is 1. The van der Waals surface area contributed by atoms with E-state index in [2.05, 4.69) is 4.85 Å². The average molecular weight is 442 g/mol. The van der Waals surface area contributed by atoms with Crippen LogP contribution in [0.15, 0.2) is 18.2 Å². The van der Waals surface area contributed by atoms with Crippen LogP contribution < -0.4 is 0 Å². The van der Waals surface area contributed by atoms with Crippen molar-refractivity contribution in [3.05, 3.63) is 74.4 Å². The monoisotopic (exact) mass is 441 g/mol. The number of ether oxygens (including phenoxy) is 1. The maximum Gasteiger partial charge on any atom is 0.193 e. The van der Waals surface area contributed by atoms with Crippen LogP contribution in [0.4, 0.5) is 10.1 Å². The molecule has 1 heterocycles.